The summed E-state index contributed by atoms with van der Waals surface area (Å²) in [6.07, 6.45) is 0. The van der Waals surface area contributed by atoms with Crippen LogP contribution in [0.1, 0.15) is 0 Å². The molecule has 0 atom stereocenters. The van der Waals surface area contributed by atoms with Crippen LogP contribution in [0.3, 0.4) is 0 Å². The molecular formula is H3NO7S2. The van der Waals surface area contributed by atoms with Gasteiger partial charge in [0.1, 0.15) is 0 Å². The van der Waals surface area contributed by atoms with E-state index >= 15 is 0 Å². The Balaban J connectivity index is 4.05. The molecule has 0 aliphatic carbocycles. The lowest BCUT2D eigenvalue weighted by Crippen LogP contribution is -2.25. The zero-order valence-corrected chi connectivity index (χ0v) is 5.89. The van der Waals surface area contributed by atoms with Gasteiger partial charge in [-0.3, -0.25) is 9.11 Å². The molecule has 0 aliphatic heterocycles. The summed E-state index contributed by atoms with van der Waals surface area (Å²) in [6, 6.07) is 0. The molecule has 8 nitrogen and oxygen atoms in total. The Morgan fingerprint density at radius 1 is 1.10 bits per heavy atom. The highest BCUT2D eigenvalue weighted by Gasteiger charge is 2.10. The predicted octanol–water partition coefficient (Wildman–Crippen LogP) is -1.89. The topological polar surface area (TPSA) is 130 Å². The molecule has 0 heterocycles. The molecule has 0 aliphatic rings. The summed E-state index contributed by atoms with van der Waals surface area (Å²) in [4.78, 5) is 0.652. The molecule has 0 radical (unpaired) electrons. The first-order chi connectivity index (χ1) is 4.21. The SMILES string of the molecule is O=S(=O)(O)NOS(=O)(=O)O. The molecule has 0 aromatic heterocycles. The predicted molar refractivity (Wildman–Crippen MR) is 27.3 cm³/mol. The second-order valence-electron chi connectivity index (χ2n) is 1.07. The average molecular weight is 193 g/mol. The van der Waals surface area contributed by atoms with E-state index < -0.39 is 20.7 Å². The van der Waals surface area contributed by atoms with Crippen molar-refractivity contribution < 1.29 is 30.2 Å². The van der Waals surface area contributed by atoms with Crippen molar-refractivity contribution in [2.24, 2.45) is 0 Å². The number of hydrogen-bond donors (Lipinski definition) is 3. The molecule has 0 saturated carbocycles. The maximum atomic E-state index is 9.62. The van der Waals surface area contributed by atoms with Crippen LogP contribution in [0.25, 0.3) is 0 Å². The molecule has 0 amide bonds. The molecule has 0 saturated heterocycles. The van der Waals surface area contributed by atoms with Gasteiger partial charge in [0, 0.05) is 0 Å². The van der Waals surface area contributed by atoms with Crippen molar-refractivity contribution in [3.63, 3.8) is 0 Å². The summed E-state index contributed by atoms with van der Waals surface area (Å²) in [6.45, 7) is 0. The highest BCUT2D eigenvalue weighted by molar-refractivity contribution is 7.85. The Morgan fingerprint density at radius 3 is 1.60 bits per heavy atom. The van der Waals surface area contributed by atoms with E-state index in [2.05, 4.69) is 4.28 Å². The summed E-state index contributed by atoms with van der Waals surface area (Å²) >= 11 is 0. The molecule has 0 unspecified atom stereocenters. The molecule has 3 N–H and O–H groups in total. The normalized spacial score (nSPS) is 13.4. The number of nitrogens with one attached hydrogen (secondary N) is 1. The lowest BCUT2D eigenvalue weighted by molar-refractivity contribution is 0.221. The minimum Gasteiger partial charge on any atom is -0.272 e. The molecule has 0 aromatic carbocycles. The molecular weight excluding hydrogens is 190 g/mol. The van der Waals surface area contributed by atoms with Crippen LogP contribution >= 0.6 is 0 Å². The van der Waals surface area contributed by atoms with E-state index in [1.807, 2.05) is 0 Å². The lowest BCUT2D eigenvalue weighted by atomic mass is 13.5. The van der Waals surface area contributed by atoms with E-state index in [1.54, 1.807) is 0 Å². The van der Waals surface area contributed by atoms with Crippen LogP contribution in [-0.2, 0) is 25.0 Å². The third kappa shape index (κ3) is 7.74. The highest BCUT2D eigenvalue weighted by atomic mass is 32.3. The van der Waals surface area contributed by atoms with Crippen LogP contribution in [0.15, 0.2) is 0 Å². The van der Waals surface area contributed by atoms with Crippen LogP contribution in [0.4, 0.5) is 0 Å². The zero-order valence-electron chi connectivity index (χ0n) is 4.25. The van der Waals surface area contributed by atoms with Gasteiger partial charge in [0.15, 0.2) is 0 Å². The molecule has 10 heavy (non-hydrogen) atoms. The largest absolute Gasteiger partial charge is 0.414 e. The van der Waals surface area contributed by atoms with E-state index in [-0.39, 0.29) is 0 Å². The van der Waals surface area contributed by atoms with Gasteiger partial charge in [-0.2, -0.15) is 16.8 Å². The van der Waals surface area contributed by atoms with Crippen molar-refractivity contribution in [3.05, 3.63) is 0 Å². The Morgan fingerprint density at radius 2 is 1.50 bits per heavy atom. The number of hydrogen-bond acceptors (Lipinski definition) is 5. The lowest BCUT2D eigenvalue weighted by Gasteiger charge is -1.95. The zero-order chi connectivity index (χ0) is 8.41. The van der Waals surface area contributed by atoms with Crippen molar-refractivity contribution in [3.8, 4) is 0 Å². The molecule has 0 spiro atoms. The third-order valence-corrected chi connectivity index (χ3v) is 0.938. The first-order valence-corrected chi connectivity index (χ1v) is 4.41. The second kappa shape index (κ2) is 2.77. The van der Waals surface area contributed by atoms with E-state index in [4.69, 9.17) is 9.11 Å². The van der Waals surface area contributed by atoms with Crippen LogP contribution in [0, 0.1) is 0 Å². The fourth-order valence-electron chi connectivity index (χ4n) is 0.0860. The molecule has 0 bridgehead atoms. The van der Waals surface area contributed by atoms with E-state index in [0.717, 1.165) is 0 Å². The molecule has 10 heteroatoms. The maximum Gasteiger partial charge on any atom is 0.414 e. The molecule has 0 fully saturated rings. The summed E-state index contributed by atoms with van der Waals surface area (Å²) in [5.74, 6) is 0. The van der Waals surface area contributed by atoms with Crippen molar-refractivity contribution >= 4 is 20.7 Å². The molecule has 0 aromatic rings. The summed E-state index contributed by atoms with van der Waals surface area (Å²) in [7, 11) is -9.68. The quantitative estimate of drug-likeness (QED) is 0.353. The van der Waals surface area contributed by atoms with Gasteiger partial charge in [-0.05, 0) is 0 Å². The molecule has 0 rings (SSSR count). The van der Waals surface area contributed by atoms with Gasteiger partial charge in [-0.1, -0.05) is 4.89 Å². The van der Waals surface area contributed by atoms with Crippen LogP contribution < -0.4 is 4.89 Å². The van der Waals surface area contributed by atoms with Gasteiger partial charge >= 0.3 is 20.7 Å². The molecule has 62 valence electrons. The van der Waals surface area contributed by atoms with Crippen LogP contribution in [0.2, 0.25) is 0 Å². The third-order valence-electron chi connectivity index (χ3n) is 0.245. The minimum atomic E-state index is -4.91. The summed E-state index contributed by atoms with van der Waals surface area (Å²) in [5.41, 5.74) is 0. The fourth-order valence-corrected chi connectivity index (χ4v) is 0.774. The Kier molecular flexibility index (Phi) is 2.70. The standard InChI is InChI=1S/H3NO7S2/c2-9(3,4)1-8-10(5,6)7/h1H,(H,2,3,4)(H,5,6,7). The second-order valence-corrected chi connectivity index (χ2v) is 3.21. The van der Waals surface area contributed by atoms with E-state index in [1.165, 1.54) is 0 Å². The fraction of sp³-hybridized carbons (Fsp3) is 0. The van der Waals surface area contributed by atoms with Gasteiger partial charge in [0.2, 0.25) is 0 Å². The van der Waals surface area contributed by atoms with Gasteiger partial charge in [0.25, 0.3) is 0 Å². The Bertz CT molecular complexity index is 248. The van der Waals surface area contributed by atoms with Crippen LogP contribution in [-0.4, -0.2) is 25.9 Å². The Labute approximate surface area is 56.6 Å². The van der Waals surface area contributed by atoms with E-state index in [0.29, 0.717) is 4.89 Å². The van der Waals surface area contributed by atoms with Crippen molar-refractivity contribution in [1.29, 1.82) is 0 Å². The maximum absolute atomic E-state index is 9.62. The van der Waals surface area contributed by atoms with Crippen LogP contribution in [0.5, 0.6) is 0 Å². The van der Waals surface area contributed by atoms with Gasteiger partial charge < -0.3 is 0 Å². The first kappa shape index (κ1) is 9.74. The summed E-state index contributed by atoms with van der Waals surface area (Å²) in [5, 5.41) is 0. The van der Waals surface area contributed by atoms with Gasteiger partial charge in [-0.15, -0.1) is 4.28 Å². The van der Waals surface area contributed by atoms with Gasteiger partial charge in [-0.25, -0.2) is 0 Å². The summed E-state index contributed by atoms with van der Waals surface area (Å²) < 4.78 is 56.9. The van der Waals surface area contributed by atoms with Crippen molar-refractivity contribution in [1.82, 2.24) is 4.89 Å². The van der Waals surface area contributed by atoms with Crippen molar-refractivity contribution in [2.45, 2.75) is 0 Å². The average Bonchev–Trinajstić information content (AvgIpc) is 1.57. The first-order valence-electron chi connectivity index (χ1n) is 1.61. The highest BCUT2D eigenvalue weighted by Crippen LogP contribution is 1.82. The van der Waals surface area contributed by atoms with Crippen molar-refractivity contribution in [2.75, 3.05) is 0 Å². The Hall–Kier alpha value is -0.260. The smallest absolute Gasteiger partial charge is 0.272 e. The van der Waals surface area contributed by atoms with Gasteiger partial charge in [0.05, 0.1) is 0 Å². The minimum absolute atomic E-state index is 0.652. The number of rotatable bonds is 3. The van der Waals surface area contributed by atoms with E-state index in [9.17, 15) is 16.8 Å². The monoisotopic (exact) mass is 193 g/mol.